The van der Waals surface area contributed by atoms with Crippen LogP contribution in [0.2, 0.25) is 0 Å². The Balaban J connectivity index is 1.30. The Hall–Kier alpha value is -3.77. The van der Waals surface area contributed by atoms with E-state index in [1.165, 1.54) is 0 Å². The van der Waals surface area contributed by atoms with E-state index in [0.29, 0.717) is 18.7 Å². The molecule has 0 saturated carbocycles. The van der Waals surface area contributed by atoms with E-state index in [-0.39, 0.29) is 30.6 Å². The van der Waals surface area contributed by atoms with Gasteiger partial charge < -0.3 is 15.0 Å². The number of likely N-dealkylation sites (tertiary alicyclic amines) is 1. The van der Waals surface area contributed by atoms with Gasteiger partial charge in [-0.1, -0.05) is 36.4 Å². The number of aromatic nitrogens is 1. The molecule has 0 unspecified atom stereocenters. The zero-order valence-electron chi connectivity index (χ0n) is 18.0. The van der Waals surface area contributed by atoms with Gasteiger partial charge in [-0.3, -0.25) is 14.6 Å². The zero-order valence-corrected chi connectivity index (χ0v) is 18.0. The fourth-order valence-corrected chi connectivity index (χ4v) is 4.98. The lowest BCUT2D eigenvalue weighted by molar-refractivity contribution is -0.139. The first-order chi connectivity index (χ1) is 16.2. The molecule has 3 heterocycles. The van der Waals surface area contributed by atoms with E-state index in [9.17, 15) is 9.59 Å². The predicted octanol–water partition coefficient (Wildman–Crippen LogP) is 3.78. The van der Waals surface area contributed by atoms with Crippen molar-refractivity contribution in [1.29, 1.82) is 0 Å². The Bertz CT molecular complexity index is 1400. The lowest BCUT2D eigenvalue weighted by Crippen LogP contribution is -2.61. The summed E-state index contributed by atoms with van der Waals surface area (Å²) in [4.78, 5) is 31.2. The van der Waals surface area contributed by atoms with E-state index in [1.807, 2.05) is 47.4 Å². The Morgan fingerprint density at radius 1 is 1.03 bits per heavy atom. The number of pyridine rings is 1. The third-order valence-corrected chi connectivity index (χ3v) is 6.65. The molecular formula is C27H23N3O3. The number of ether oxygens (including phenoxy) is 1. The molecule has 3 aromatic carbocycles. The number of hydrogen-bond donors (Lipinski definition) is 1. The molecule has 6 heteroatoms. The smallest absolute Gasteiger partial charge is 0.253 e. The number of carbonyl (C=O) groups excluding carboxylic acids is 2. The number of amides is 2. The van der Waals surface area contributed by atoms with Gasteiger partial charge in [0, 0.05) is 30.2 Å². The Labute approximate surface area is 191 Å². The highest BCUT2D eigenvalue weighted by Gasteiger charge is 2.36. The maximum Gasteiger partial charge on any atom is 0.253 e. The third kappa shape index (κ3) is 3.62. The summed E-state index contributed by atoms with van der Waals surface area (Å²) in [5, 5.41) is 6.18. The molecule has 2 aliphatic rings. The number of fused-ring (bicyclic) bond motifs is 3. The molecule has 2 aliphatic heterocycles. The number of morpholine rings is 1. The first kappa shape index (κ1) is 19.9. The molecule has 0 aliphatic carbocycles. The molecule has 6 nitrogen and oxygen atoms in total. The number of nitrogens with one attached hydrogen (secondary N) is 1. The van der Waals surface area contributed by atoms with Gasteiger partial charge in [0.15, 0.2) is 0 Å². The SMILES string of the molecule is O=C1CO[C@@H]2CCN(C(=O)c3ccc4c(-c5ccc6ncccc6c5)cccc4c3)C[C@@H]2N1. The Kier molecular flexibility index (Phi) is 4.80. The van der Waals surface area contributed by atoms with Crippen LogP contribution in [0.3, 0.4) is 0 Å². The number of rotatable bonds is 2. The minimum Gasteiger partial charge on any atom is -0.366 e. The van der Waals surface area contributed by atoms with E-state index < -0.39 is 0 Å². The monoisotopic (exact) mass is 437 g/mol. The van der Waals surface area contributed by atoms with Crippen molar-refractivity contribution in [2.24, 2.45) is 0 Å². The van der Waals surface area contributed by atoms with E-state index in [0.717, 1.165) is 39.2 Å². The molecule has 1 aromatic heterocycles. The van der Waals surface area contributed by atoms with Crippen molar-refractivity contribution in [3.63, 3.8) is 0 Å². The van der Waals surface area contributed by atoms with Crippen LogP contribution in [0.4, 0.5) is 0 Å². The van der Waals surface area contributed by atoms with Gasteiger partial charge in [0.2, 0.25) is 5.91 Å². The molecular weight excluding hydrogens is 414 g/mol. The molecule has 2 saturated heterocycles. The van der Waals surface area contributed by atoms with Gasteiger partial charge in [-0.25, -0.2) is 0 Å². The molecule has 1 N–H and O–H groups in total. The van der Waals surface area contributed by atoms with Crippen molar-refractivity contribution >= 4 is 33.5 Å². The van der Waals surface area contributed by atoms with Gasteiger partial charge in [-0.05, 0) is 58.7 Å². The summed E-state index contributed by atoms with van der Waals surface area (Å²) < 4.78 is 5.61. The largest absolute Gasteiger partial charge is 0.366 e. The number of nitrogens with zero attached hydrogens (tertiary/aromatic N) is 2. The molecule has 0 radical (unpaired) electrons. The van der Waals surface area contributed by atoms with Gasteiger partial charge >= 0.3 is 0 Å². The molecule has 4 aromatic rings. The van der Waals surface area contributed by atoms with Crippen LogP contribution in [0.15, 0.2) is 72.9 Å². The highest BCUT2D eigenvalue weighted by molar-refractivity contribution is 6.03. The second-order valence-corrected chi connectivity index (χ2v) is 8.72. The summed E-state index contributed by atoms with van der Waals surface area (Å²) in [6.07, 6.45) is 2.52. The lowest BCUT2D eigenvalue weighted by Gasteiger charge is -2.41. The minimum absolute atomic E-state index is 0.0111. The van der Waals surface area contributed by atoms with Crippen molar-refractivity contribution in [1.82, 2.24) is 15.2 Å². The third-order valence-electron chi connectivity index (χ3n) is 6.65. The highest BCUT2D eigenvalue weighted by atomic mass is 16.5. The van der Waals surface area contributed by atoms with Crippen molar-refractivity contribution < 1.29 is 14.3 Å². The minimum atomic E-state index is -0.140. The van der Waals surface area contributed by atoms with Gasteiger partial charge in [-0.2, -0.15) is 0 Å². The van der Waals surface area contributed by atoms with E-state index in [2.05, 4.69) is 34.6 Å². The van der Waals surface area contributed by atoms with Crippen LogP contribution >= 0.6 is 0 Å². The normalized spacial score (nSPS) is 20.5. The molecule has 0 spiro atoms. The van der Waals surface area contributed by atoms with Crippen LogP contribution in [0.25, 0.3) is 32.8 Å². The average molecular weight is 437 g/mol. The fourth-order valence-electron chi connectivity index (χ4n) is 4.98. The van der Waals surface area contributed by atoms with Gasteiger partial charge in [0.05, 0.1) is 17.7 Å². The van der Waals surface area contributed by atoms with E-state index in [4.69, 9.17) is 4.74 Å². The van der Waals surface area contributed by atoms with Crippen LogP contribution in [0.5, 0.6) is 0 Å². The quantitative estimate of drug-likeness (QED) is 0.518. The Morgan fingerprint density at radius 2 is 1.94 bits per heavy atom. The van der Waals surface area contributed by atoms with Crippen molar-refractivity contribution in [2.45, 2.75) is 18.6 Å². The number of hydrogen-bond acceptors (Lipinski definition) is 4. The summed E-state index contributed by atoms with van der Waals surface area (Å²) >= 11 is 0. The van der Waals surface area contributed by atoms with E-state index in [1.54, 1.807) is 6.20 Å². The van der Waals surface area contributed by atoms with Gasteiger partial charge in [-0.15, -0.1) is 0 Å². The number of benzene rings is 3. The first-order valence-electron chi connectivity index (χ1n) is 11.2. The molecule has 6 rings (SSSR count). The second kappa shape index (κ2) is 7.98. The Morgan fingerprint density at radius 3 is 2.88 bits per heavy atom. The lowest BCUT2D eigenvalue weighted by atomic mass is 9.95. The van der Waals surface area contributed by atoms with Gasteiger partial charge in [0.25, 0.3) is 5.91 Å². The maximum absolute atomic E-state index is 13.3. The summed E-state index contributed by atoms with van der Waals surface area (Å²) in [5.74, 6) is -0.134. The average Bonchev–Trinajstić information content (AvgIpc) is 2.86. The van der Waals surface area contributed by atoms with Gasteiger partial charge in [0.1, 0.15) is 6.61 Å². The molecule has 2 amide bonds. The first-order valence-corrected chi connectivity index (χ1v) is 11.2. The van der Waals surface area contributed by atoms with E-state index >= 15 is 0 Å². The molecule has 2 atom stereocenters. The summed E-state index contributed by atoms with van der Waals surface area (Å²) in [6.45, 7) is 1.20. The molecule has 33 heavy (non-hydrogen) atoms. The maximum atomic E-state index is 13.3. The molecule has 0 bridgehead atoms. The van der Waals surface area contributed by atoms with Crippen LogP contribution in [0.1, 0.15) is 16.8 Å². The zero-order chi connectivity index (χ0) is 22.4. The topological polar surface area (TPSA) is 71.5 Å². The number of carbonyl (C=O) groups is 2. The van der Waals surface area contributed by atoms with Crippen molar-refractivity contribution in [3.05, 3.63) is 78.5 Å². The van der Waals surface area contributed by atoms with Crippen molar-refractivity contribution in [2.75, 3.05) is 19.7 Å². The predicted molar refractivity (Wildman–Crippen MR) is 127 cm³/mol. The molecule has 2 fully saturated rings. The second-order valence-electron chi connectivity index (χ2n) is 8.72. The van der Waals surface area contributed by atoms with Crippen LogP contribution in [-0.2, 0) is 9.53 Å². The standard InChI is InChI=1S/C27H23N3O3/c31-26-16-33-25-10-12-30(15-24(25)29-26)27(32)20-6-8-22-17(14-20)3-1-5-21(22)18-7-9-23-19(13-18)4-2-11-28-23/h1-9,11,13-14,24-25H,10,12,15-16H2,(H,29,31)/t24-,25+/m0/s1. The van der Waals surface area contributed by atoms with Crippen LogP contribution in [0, 0.1) is 0 Å². The molecule has 164 valence electrons. The highest BCUT2D eigenvalue weighted by Crippen LogP contribution is 2.31. The summed E-state index contributed by atoms with van der Waals surface area (Å²) in [6, 6.07) is 22.2. The fraction of sp³-hybridized carbons (Fsp3) is 0.222. The van der Waals surface area contributed by atoms with Crippen LogP contribution < -0.4 is 5.32 Å². The summed E-state index contributed by atoms with van der Waals surface area (Å²) in [5.41, 5.74) is 3.87. The number of piperidine rings is 1. The summed E-state index contributed by atoms with van der Waals surface area (Å²) in [7, 11) is 0. The van der Waals surface area contributed by atoms with Crippen molar-refractivity contribution in [3.8, 4) is 11.1 Å². The van der Waals surface area contributed by atoms with Crippen LogP contribution in [-0.4, -0.2) is 53.5 Å².